The van der Waals surface area contributed by atoms with Gasteiger partial charge in [0.15, 0.2) is 6.29 Å². The fourth-order valence-corrected chi connectivity index (χ4v) is 3.98. The van der Waals surface area contributed by atoms with E-state index in [1.807, 2.05) is 19.1 Å². The minimum Gasteiger partial charge on any atom is -0.298 e. The van der Waals surface area contributed by atoms with Crippen LogP contribution in [-0.2, 0) is 0 Å². The second-order valence-electron chi connectivity index (χ2n) is 7.56. The maximum absolute atomic E-state index is 11.0. The highest BCUT2D eigenvalue weighted by Gasteiger charge is 2.28. The molecular weight excluding hydrogens is 360 g/mol. The summed E-state index contributed by atoms with van der Waals surface area (Å²) >= 11 is 0. The fourth-order valence-electron chi connectivity index (χ4n) is 3.98. The van der Waals surface area contributed by atoms with E-state index in [2.05, 4.69) is 23.0 Å². The number of carbonyl (C=O) groups excluding carboxylic acids is 1. The quantitative estimate of drug-likeness (QED) is 0.488. The van der Waals surface area contributed by atoms with Crippen molar-refractivity contribution < 1.29 is 4.79 Å². The Labute approximate surface area is 171 Å². The van der Waals surface area contributed by atoms with E-state index >= 15 is 0 Å². The summed E-state index contributed by atoms with van der Waals surface area (Å²) in [5.41, 5.74) is 4.37. The van der Waals surface area contributed by atoms with Gasteiger partial charge >= 0.3 is 0 Å². The van der Waals surface area contributed by atoms with E-state index in [9.17, 15) is 10.1 Å². The monoisotopic (exact) mass is 384 g/mol. The van der Waals surface area contributed by atoms with E-state index < -0.39 is 0 Å². The number of aldehydes is 1. The molecule has 0 N–H and O–H groups in total. The molecule has 1 unspecified atom stereocenters. The van der Waals surface area contributed by atoms with Gasteiger partial charge in [-0.1, -0.05) is 32.6 Å². The Hall–Kier alpha value is -3.31. The lowest BCUT2D eigenvalue weighted by atomic mass is 9.71. The molecule has 2 aromatic rings. The molecule has 0 bridgehead atoms. The number of hydrogen-bond acceptors (Lipinski definition) is 5. The number of hydrogen-bond donors (Lipinski definition) is 0. The highest BCUT2D eigenvalue weighted by molar-refractivity contribution is 5.97. The summed E-state index contributed by atoms with van der Waals surface area (Å²) in [6.45, 7) is 4.02. The summed E-state index contributed by atoms with van der Waals surface area (Å²) < 4.78 is 0. The van der Waals surface area contributed by atoms with Gasteiger partial charge < -0.3 is 0 Å². The van der Waals surface area contributed by atoms with Crippen LogP contribution in [0.5, 0.6) is 0 Å². The summed E-state index contributed by atoms with van der Waals surface area (Å²) in [6, 6.07) is 11.4. The first-order valence-corrected chi connectivity index (χ1v) is 10.0. The van der Waals surface area contributed by atoms with Gasteiger partial charge in [0.25, 0.3) is 0 Å². The minimum absolute atomic E-state index is 0.333. The largest absolute Gasteiger partial charge is 0.298 e. The summed E-state index contributed by atoms with van der Waals surface area (Å²) in [6.07, 6.45) is 7.87. The molecule has 0 aromatic carbocycles. The van der Waals surface area contributed by atoms with Crippen LogP contribution in [0.4, 0.5) is 0 Å². The van der Waals surface area contributed by atoms with Gasteiger partial charge in [-0.05, 0) is 55.0 Å². The van der Waals surface area contributed by atoms with E-state index in [-0.39, 0.29) is 0 Å². The van der Waals surface area contributed by atoms with Crippen LogP contribution in [0.15, 0.2) is 30.5 Å². The Balaban J connectivity index is 2.13. The molecule has 5 nitrogen and oxygen atoms in total. The lowest BCUT2D eigenvalue weighted by Crippen LogP contribution is -2.22. The second kappa shape index (κ2) is 9.26. The Morgan fingerprint density at radius 3 is 2.55 bits per heavy atom. The molecule has 146 valence electrons. The SMILES string of the molecule is CCC(CC(=C(C#N)c1ccc(C#N)nc1C)c1ccc(C=O)cn1)C1CCC1. The molecule has 2 aromatic heterocycles. The smallest absolute Gasteiger partial charge is 0.151 e. The average Bonchev–Trinajstić information content (AvgIpc) is 2.72. The summed E-state index contributed by atoms with van der Waals surface area (Å²) in [4.78, 5) is 19.8. The Morgan fingerprint density at radius 2 is 2.07 bits per heavy atom. The van der Waals surface area contributed by atoms with Crippen molar-refractivity contribution >= 4 is 17.4 Å². The van der Waals surface area contributed by atoms with E-state index in [1.165, 1.54) is 19.3 Å². The third-order valence-electron chi connectivity index (χ3n) is 5.92. The first-order chi connectivity index (χ1) is 14.1. The molecule has 5 heteroatoms. The predicted molar refractivity (Wildman–Crippen MR) is 111 cm³/mol. The van der Waals surface area contributed by atoms with Gasteiger partial charge in [0, 0.05) is 23.0 Å². The standard InChI is InChI=1S/C24H24N4O/c1-3-18(19-5-4-6-19)11-22(24-10-7-17(15-29)14-27-24)23(13-26)21-9-8-20(12-25)28-16(21)2/h7-10,14-15,18-19H,3-6,11H2,1-2H3. The Bertz CT molecular complexity index is 1000. The average molecular weight is 384 g/mol. The van der Waals surface area contributed by atoms with Gasteiger partial charge in [0.2, 0.25) is 0 Å². The third-order valence-corrected chi connectivity index (χ3v) is 5.92. The molecule has 0 spiro atoms. The van der Waals surface area contributed by atoms with Crippen molar-refractivity contribution in [2.75, 3.05) is 0 Å². The maximum atomic E-state index is 11.0. The molecule has 3 rings (SSSR count). The highest BCUT2D eigenvalue weighted by atomic mass is 16.1. The van der Waals surface area contributed by atoms with Crippen LogP contribution in [0.1, 0.15) is 72.0 Å². The van der Waals surface area contributed by atoms with Crippen LogP contribution in [0, 0.1) is 41.4 Å². The third kappa shape index (κ3) is 4.41. The summed E-state index contributed by atoms with van der Waals surface area (Å²) in [7, 11) is 0. The van der Waals surface area contributed by atoms with Crippen LogP contribution in [0.25, 0.3) is 11.1 Å². The number of allylic oxidation sites excluding steroid dienone is 2. The molecule has 2 heterocycles. The highest BCUT2D eigenvalue weighted by Crippen LogP contribution is 2.41. The zero-order valence-corrected chi connectivity index (χ0v) is 16.9. The zero-order chi connectivity index (χ0) is 20.8. The first-order valence-electron chi connectivity index (χ1n) is 10.0. The minimum atomic E-state index is 0.333. The molecule has 1 aliphatic carbocycles. The predicted octanol–water partition coefficient (Wildman–Crippen LogP) is 5.12. The molecule has 0 aliphatic heterocycles. The van der Waals surface area contributed by atoms with Gasteiger partial charge in [-0.3, -0.25) is 9.78 Å². The van der Waals surface area contributed by atoms with E-state index in [0.717, 1.165) is 30.3 Å². The van der Waals surface area contributed by atoms with E-state index in [0.29, 0.717) is 40.1 Å². The number of pyridine rings is 2. The van der Waals surface area contributed by atoms with Crippen LogP contribution < -0.4 is 0 Å². The van der Waals surface area contributed by atoms with Gasteiger partial charge in [0.1, 0.15) is 17.8 Å². The van der Waals surface area contributed by atoms with Crippen molar-refractivity contribution in [2.45, 2.75) is 46.0 Å². The normalized spacial score (nSPS) is 15.4. The number of rotatable bonds is 7. The summed E-state index contributed by atoms with van der Waals surface area (Å²) in [5.74, 6) is 1.17. The molecule has 29 heavy (non-hydrogen) atoms. The number of nitrogens with zero attached hydrogens (tertiary/aromatic N) is 4. The summed E-state index contributed by atoms with van der Waals surface area (Å²) in [5, 5.41) is 19.2. The number of nitriles is 2. The van der Waals surface area contributed by atoms with Gasteiger partial charge in [-0.15, -0.1) is 0 Å². The fraction of sp³-hybridized carbons (Fsp3) is 0.375. The molecule has 1 saturated carbocycles. The van der Waals surface area contributed by atoms with Crippen LogP contribution in [0.3, 0.4) is 0 Å². The van der Waals surface area contributed by atoms with Crippen molar-refractivity contribution in [2.24, 2.45) is 11.8 Å². The van der Waals surface area contributed by atoms with Crippen LogP contribution in [0.2, 0.25) is 0 Å². The molecular formula is C24H24N4O. The van der Waals surface area contributed by atoms with Crippen LogP contribution >= 0.6 is 0 Å². The van der Waals surface area contributed by atoms with Gasteiger partial charge in [-0.25, -0.2) is 4.98 Å². The second-order valence-corrected chi connectivity index (χ2v) is 7.56. The zero-order valence-electron chi connectivity index (χ0n) is 16.9. The van der Waals surface area contributed by atoms with Crippen molar-refractivity contribution in [3.63, 3.8) is 0 Å². The van der Waals surface area contributed by atoms with Crippen molar-refractivity contribution in [3.05, 3.63) is 58.7 Å². The van der Waals surface area contributed by atoms with Gasteiger partial charge in [-0.2, -0.15) is 10.5 Å². The number of carbonyl (C=O) groups is 1. The maximum Gasteiger partial charge on any atom is 0.151 e. The first kappa shape index (κ1) is 20.4. The Morgan fingerprint density at radius 1 is 1.28 bits per heavy atom. The van der Waals surface area contributed by atoms with Gasteiger partial charge in [0.05, 0.1) is 11.3 Å². The lowest BCUT2D eigenvalue weighted by Gasteiger charge is -2.34. The topological polar surface area (TPSA) is 90.4 Å². The number of aromatic nitrogens is 2. The Kier molecular flexibility index (Phi) is 6.52. The lowest BCUT2D eigenvalue weighted by molar-refractivity contribution is 0.112. The molecule has 1 fully saturated rings. The number of aryl methyl sites for hydroxylation is 1. The van der Waals surface area contributed by atoms with Crippen LogP contribution in [-0.4, -0.2) is 16.3 Å². The van der Waals surface area contributed by atoms with Crippen molar-refractivity contribution in [1.29, 1.82) is 10.5 Å². The molecule has 1 atom stereocenters. The molecule has 0 radical (unpaired) electrons. The van der Waals surface area contributed by atoms with Crippen molar-refractivity contribution in [3.8, 4) is 12.1 Å². The van der Waals surface area contributed by atoms with Crippen molar-refractivity contribution in [1.82, 2.24) is 9.97 Å². The molecule has 0 amide bonds. The molecule has 0 saturated heterocycles. The molecule has 1 aliphatic rings. The van der Waals surface area contributed by atoms with E-state index in [1.54, 1.807) is 24.4 Å². The van der Waals surface area contributed by atoms with E-state index in [4.69, 9.17) is 5.26 Å².